The van der Waals surface area contributed by atoms with E-state index in [1.54, 1.807) is 0 Å². The first-order valence-corrected chi connectivity index (χ1v) is 0. The molecule has 0 rings (SSSR count). The van der Waals surface area contributed by atoms with Crippen LogP contribution in [-0.2, 0) is 0 Å². The van der Waals surface area contributed by atoms with Gasteiger partial charge in [-0.05, 0) is 0 Å². The van der Waals surface area contributed by atoms with Crippen LogP contribution in [0, 0.1) is 0 Å². The Morgan fingerprint density at radius 1 is 0.667 bits per heavy atom. The van der Waals surface area contributed by atoms with Crippen LogP contribution in [0.3, 0.4) is 0 Å². The molecule has 0 aliphatic heterocycles. The quantitative estimate of drug-likeness (QED) is 0.473. The third kappa shape index (κ3) is 3590. The third-order valence-corrected chi connectivity index (χ3v) is 0. The summed E-state index contributed by atoms with van der Waals surface area (Å²) in [5.41, 5.74) is 0. The minimum absolute atomic E-state index is 0. The van der Waals surface area contributed by atoms with Gasteiger partial charge in [-0.3, -0.25) is 14.1 Å². The molecular formula is H7BClF3N. The fraction of sp³-hybridized carbons (Fsp3) is 0. The lowest BCUT2D eigenvalue weighted by atomic mass is 10.8. The molecule has 0 spiro atoms. The molecule has 1 nitrogen and oxygen atoms in total. The zero-order chi connectivity index (χ0) is 0. The molecular weight excluding hydrogens is 117 g/mol. The van der Waals surface area contributed by atoms with Crippen molar-refractivity contribution in [1.82, 2.24) is 6.15 Å². The highest BCUT2D eigenvalue weighted by atomic mass is 35.5. The van der Waals surface area contributed by atoms with E-state index in [0.717, 1.165) is 0 Å². The number of hydrogen-bond donors (Lipinski definition) is 1. The van der Waals surface area contributed by atoms with Gasteiger partial charge in [-0.15, -0.1) is 12.4 Å². The molecule has 6 heavy (non-hydrogen) atoms. The van der Waals surface area contributed by atoms with Crippen molar-refractivity contribution in [2.24, 2.45) is 0 Å². The normalized spacial score (nSPS) is 0. The lowest BCUT2D eigenvalue weighted by Crippen LogP contribution is -0.481. The van der Waals surface area contributed by atoms with Crippen molar-refractivity contribution in [2.75, 3.05) is 0 Å². The first kappa shape index (κ1) is 14400. The molecule has 3 N–H and O–H groups in total. The van der Waals surface area contributed by atoms with Crippen molar-refractivity contribution >= 4 is 20.8 Å². The lowest BCUT2D eigenvalue weighted by Gasteiger charge is -0.344. The topological polar surface area (TPSA) is 35.0 Å². The van der Waals surface area contributed by atoms with Gasteiger partial charge in [0.05, 0.1) is 0 Å². The van der Waals surface area contributed by atoms with E-state index in [4.69, 9.17) is 0 Å². The Hall–Kier alpha value is 0.105. The maximum Gasteiger partial charge on any atom is 0 e. The van der Waals surface area contributed by atoms with Gasteiger partial charge in [0.2, 0.25) is 0 Å². The van der Waals surface area contributed by atoms with Crippen LogP contribution in [-0.4, -0.2) is 8.41 Å². The highest BCUT2D eigenvalue weighted by Gasteiger charge is 0.0000212. The molecule has 0 aliphatic carbocycles. The standard InChI is InChI=1S/B.ClH.3FH.H3N/h;4*1H;1H3. The Morgan fingerprint density at radius 2 is 0.667 bits per heavy atom. The molecule has 0 heterocycles. The second-order valence-corrected chi connectivity index (χ2v) is 0. The summed E-state index contributed by atoms with van der Waals surface area (Å²) >= 11 is 0. The van der Waals surface area contributed by atoms with Gasteiger partial charge in [-0.2, -0.15) is 0 Å². The average molecular weight is 124 g/mol. The number of hydrogen-bond acceptors (Lipinski definition) is 1. The monoisotopic (exact) mass is 124 g/mol. The van der Waals surface area contributed by atoms with Crippen LogP contribution in [0.4, 0.5) is 14.1 Å². The van der Waals surface area contributed by atoms with E-state index in [1.807, 2.05) is 0 Å². The Bertz CT molecular complexity index is 10.8. The van der Waals surface area contributed by atoms with Gasteiger partial charge in [0.15, 0.2) is 0 Å². The van der Waals surface area contributed by atoms with Crippen molar-refractivity contribution < 1.29 is 14.1 Å². The second-order valence-electron chi connectivity index (χ2n) is 0. The van der Waals surface area contributed by atoms with Crippen LogP contribution in [0.1, 0.15) is 0 Å². The SMILES string of the molecule is Cl.F.F.F.N.[B]. The molecule has 0 saturated heterocycles. The summed E-state index contributed by atoms with van der Waals surface area (Å²) in [6, 6.07) is 0. The van der Waals surface area contributed by atoms with Gasteiger partial charge in [0, 0.05) is 8.41 Å². The van der Waals surface area contributed by atoms with Crippen LogP contribution in [0.2, 0.25) is 0 Å². The molecule has 0 aliphatic rings. The molecule has 0 aromatic carbocycles. The zero-order valence-electron chi connectivity index (χ0n) is 2.92. The minimum atomic E-state index is 0. The van der Waals surface area contributed by atoms with Crippen molar-refractivity contribution in [3.8, 4) is 0 Å². The minimum Gasteiger partial charge on any atom is -0.344 e. The highest BCUT2D eigenvalue weighted by Crippen LogP contribution is 0.690. The van der Waals surface area contributed by atoms with Crippen molar-refractivity contribution in [1.29, 1.82) is 0 Å². The van der Waals surface area contributed by atoms with E-state index in [1.165, 1.54) is 0 Å². The Morgan fingerprint density at radius 3 is 0.667 bits per heavy atom. The fourth-order valence-electron chi connectivity index (χ4n) is 0. The molecule has 43 valence electrons. The van der Waals surface area contributed by atoms with Gasteiger partial charge < -0.3 is 6.15 Å². The smallest absolute Gasteiger partial charge is 0 e. The maximum absolute atomic E-state index is 0. The average Bonchev–Trinajstić information content (AvgIpc) is 0. The van der Waals surface area contributed by atoms with E-state index in [2.05, 4.69) is 0 Å². The summed E-state index contributed by atoms with van der Waals surface area (Å²) in [5, 5.41) is 0. The maximum atomic E-state index is 0. The van der Waals surface area contributed by atoms with E-state index in [0.29, 0.717) is 0 Å². The van der Waals surface area contributed by atoms with Gasteiger partial charge >= 0.3 is 0 Å². The summed E-state index contributed by atoms with van der Waals surface area (Å²) in [5.74, 6) is 0. The van der Waals surface area contributed by atoms with Gasteiger partial charge in [0.1, 0.15) is 0 Å². The van der Waals surface area contributed by atoms with E-state index in [-0.39, 0.29) is 41.1 Å². The predicted octanol–water partition coefficient (Wildman–Crippen LogP) is 0.660. The molecule has 0 fully saturated rings. The Kier molecular flexibility index (Phi) is 18800000. The molecule has 0 atom stereocenters. The largest absolute Gasteiger partial charge is 0.344 e. The van der Waals surface area contributed by atoms with Crippen LogP contribution < -0.4 is 6.15 Å². The van der Waals surface area contributed by atoms with Crippen molar-refractivity contribution in [3.05, 3.63) is 0 Å². The summed E-state index contributed by atoms with van der Waals surface area (Å²) in [7, 11) is 0. The van der Waals surface area contributed by atoms with Crippen LogP contribution in [0.25, 0.3) is 0 Å². The summed E-state index contributed by atoms with van der Waals surface area (Å²) in [4.78, 5) is 0. The predicted molar refractivity (Wildman–Crippen MR) is 25.5 cm³/mol. The molecule has 0 aromatic rings. The molecule has 0 aromatic heterocycles. The van der Waals surface area contributed by atoms with Crippen molar-refractivity contribution in [2.45, 2.75) is 0 Å². The van der Waals surface area contributed by atoms with Gasteiger partial charge in [0.25, 0.3) is 0 Å². The summed E-state index contributed by atoms with van der Waals surface area (Å²) < 4.78 is 0. The fourth-order valence-corrected chi connectivity index (χ4v) is 0. The van der Waals surface area contributed by atoms with E-state index in [9.17, 15) is 0 Å². The van der Waals surface area contributed by atoms with Crippen molar-refractivity contribution in [3.63, 3.8) is 0 Å². The lowest BCUT2D eigenvalue weighted by molar-refractivity contribution is 1.11. The molecule has 3 radical (unpaired) electrons. The van der Waals surface area contributed by atoms with Crippen LogP contribution >= 0.6 is 12.4 Å². The number of rotatable bonds is 0. The second kappa shape index (κ2) is 7810. The highest BCUT2D eigenvalue weighted by molar-refractivity contribution is 5.85. The first-order valence-electron chi connectivity index (χ1n) is 0. The molecule has 0 saturated carbocycles. The Labute approximate surface area is 42.2 Å². The first-order chi connectivity index (χ1) is 0. The summed E-state index contributed by atoms with van der Waals surface area (Å²) in [6.45, 7) is 0. The summed E-state index contributed by atoms with van der Waals surface area (Å²) in [6.07, 6.45) is 0. The van der Waals surface area contributed by atoms with Crippen LogP contribution in [0.15, 0.2) is 0 Å². The third-order valence-electron chi connectivity index (χ3n) is 0. The number of halogens is 4. The molecule has 0 amide bonds. The molecule has 0 unspecified atom stereocenters. The van der Waals surface area contributed by atoms with Gasteiger partial charge in [-0.25, -0.2) is 0 Å². The van der Waals surface area contributed by atoms with E-state index < -0.39 is 0 Å². The van der Waals surface area contributed by atoms with Crippen LogP contribution in [0.5, 0.6) is 0 Å². The molecule has 6 heteroatoms. The zero-order valence-corrected chi connectivity index (χ0v) is 3.73. The van der Waals surface area contributed by atoms with E-state index >= 15 is 0 Å². The van der Waals surface area contributed by atoms with Gasteiger partial charge in [-0.1, -0.05) is 0 Å². The molecule has 0 bridgehead atoms. The Balaban J connectivity index is 0.